The zero-order valence-electron chi connectivity index (χ0n) is 15.4. The van der Waals surface area contributed by atoms with E-state index in [0.29, 0.717) is 17.8 Å². The molecule has 0 bridgehead atoms. The third-order valence-electron chi connectivity index (χ3n) is 4.64. The van der Waals surface area contributed by atoms with Gasteiger partial charge in [0.1, 0.15) is 17.3 Å². The molecule has 4 rings (SSSR count). The topological polar surface area (TPSA) is 70.5 Å². The van der Waals surface area contributed by atoms with Gasteiger partial charge < -0.3 is 20.9 Å². The van der Waals surface area contributed by atoms with E-state index < -0.39 is 5.60 Å². The van der Waals surface area contributed by atoms with Crippen molar-refractivity contribution in [2.75, 3.05) is 11.5 Å². The van der Waals surface area contributed by atoms with Gasteiger partial charge in [0.2, 0.25) is 0 Å². The van der Waals surface area contributed by atoms with Crippen LogP contribution in [0, 0.1) is 0 Å². The van der Waals surface area contributed by atoms with E-state index in [-0.39, 0.29) is 0 Å². The standard InChI is InChI=1S/C24H22N2O2/c25-19-8-12-21(13-9-19)27-23-7-4-16-24(17-23,18-5-2-1-3-6-18)28-22-14-10-20(26)11-15-22/h1-15,17H,16,25-26H2. The summed E-state index contributed by atoms with van der Waals surface area (Å²) in [7, 11) is 0. The van der Waals surface area contributed by atoms with Crippen molar-refractivity contribution in [1.82, 2.24) is 0 Å². The SMILES string of the molecule is Nc1ccc(OC2=CC(Oc3ccc(N)cc3)(c3ccccc3)CC=C2)cc1. The molecule has 0 radical (unpaired) electrons. The summed E-state index contributed by atoms with van der Waals surface area (Å²) >= 11 is 0. The molecule has 3 aromatic rings. The van der Waals surface area contributed by atoms with Crippen LogP contribution in [0.25, 0.3) is 0 Å². The molecule has 140 valence electrons. The fraction of sp³-hybridized carbons (Fsp3) is 0.0833. The van der Waals surface area contributed by atoms with Gasteiger partial charge in [0.15, 0.2) is 5.60 Å². The van der Waals surface area contributed by atoms with E-state index in [2.05, 4.69) is 18.2 Å². The van der Waals surface area contributed by atoms with Crippen molar-refractivity contribution in [3.05, 3.63) is 108 Å². The largest absolute Gasteiger partial charge is 0.478 e. The second-order valence-electron chi connectivity index (χ2n) is 6.75. The van der Waals surface area contributed by atoms with Crippen molar-refractivity contribution in [2.24, 2.45) is 0 Å². The molecule has 1 unspecified atom stereocenters. The monoisotopic (exact) mass is 370 g/mol. The van der Waals surface area contributed by atoms with Gasteiger partial charge in [0, 0.05) is 23.9 Å². The number of anilines is 2. The summed E-state index contributed by atoms with van der Waals surface area (Å²) in [6.07, 6.45) is 6.74. The van der Waals surface area contributed by atoms with Gasteiger partial charge in [-0.05, 0) is 60.2 Å². The molecule has 28 heavy (non-hydrogen) atoms. The predicted octanol–water partition coefficient (Wildman–Crippen LogP) is 5.05. The summed E-state index contributed by atoms with van der Waals surface area (Å²) in [5.41, 5.74) is 13.4. The first-order chi connectivity index (χ1) is 13.6. The Kier molecular flexibility index (Phi) is 4.77. The molecule has 1 aliphatic carbocycles. The highest BCUT2D eigenvalue weighted by Crippen LogP contribution is 2.37. The minimum atomic E-state index is -0.671. The predicted molar refractivity (Wildman–Crippen MR) is 113 cm³/mol. The quantitative estimate of drug-likeness (QED) is 0.617. The Balaban J connectivity index is 1.70. The van der Waals surface area contributed by atoms with Crippen molar-refractivity contribution in [2.45, 2.75) is 12.0 Å². The van der Waals surface area contributed by atoms with Gasteiger partial charge >= 0.3 is 0 Å². The van der Waals surface area contributed by atoms with Gasteiger partial charge in [-0.3, -0.25) is 0 Å². The van der Waals surface area contributed by atoms with Crippen molar-refractivity contribution >= 4 is 11.4 Å². The smallest absolute Gasteiger partial charge is 0.159 e. The molecule has 4 nitrogen and oxygen atoms in total. The van der Waals surface area contributed by atoms with Crippen LogP contribution in [-0.4, -0.2) is 0 Å². The first-order valence-electron chi connectivity index (χ1n) is 9.16. The van der Waals surface area contributed by atoms with E-state index in [0.717, 1.165) is 22.8 Å². The molecular weight excluding hydrogens is 348 g/mol. The number of hydrogen-bond acceptors (Lipinski definition) is 4. The lowest BCUT2D eigenvalue weighted by molar-refractivity contribution is 0.117. The molecule has 0 spiro atoms. The summed E-state index contributed by atoms with van der Waals surface area (Å²) in [5.74, 6) is 2.19. The van der Waals surface area contributed by atoms with Crippen molar-refractivity contribution < 1.29 is 9.47 Å². The number of benzene rings is 3. The van der Waals surface area contributed by atoms with Crippen LogP contribution in [0.5, 0.6) is 11.5 Å². The number of rotatable bonds is 5. The van der Waals surface area contributed by atoms with Gasteiger partial charge in [-0.15, -0.1) is 0 Å². The number of nitrogens with two attached hydrogens (primary N) is 2. The Hall–Kier alpha value is -3.66. The Labute approximate surface area is 164 Å². The number of nitrogen functional groups attached to an aromatic ring is 2. The maximum absolute atomic E-state index is 6.49. The average molecular weight is 370 g/mol. The summed E-state index contributed by atoms with van der Waals surface area (Å²) in [6, 6.07) is 24.9. The van der Waals surface area contributed by atoms with Crippen molar-refractivity contribution in [3.8, 4) is 11.5 Å². The van der Waals surface area contributed by atoms with Gasteiger partial charge in [0.05, 0.1) is 0 Å². The lowest BCUT2D eigenvalue weighted by Gasteiger charge is -2.34. The van der Waals surface area contributed by atoms with Gasteiger partial charge in [0.25, 0.3) is 0 Å². The highest BCUT2D eigenvalue weighted by atomic mass is 16.5. The van der Waals surface area contributed by atoms with Crippen LogP contribution in [0.2, 0.25) is 0 Å². The molecule has 0 aromatic heterocycles. The maximum Gasteiger partial charge on any atom is 0.159 e. The first-order valence-corrected chi connectivity index (χ1v) is 9.16. The Morgan fingerprint density at radius 2 is 1.32 bits per heavy atom. The normalized spacial score (nSPS) is 18.4. The molecule has 4 N–H and O–H groups in total. The molecule has 0 heterocycles. The zero-order valence-corrected chi connectivity index (χ0v) is 15.4. The van der Waals surface area contributed by atoms with Crippen LogP contribution in [0.15, 0.2) is 103 Å². The molecule has 1 aliphatic rings. The van der Waals surface area contributed by atoms with Gasteiger partial charge in [-0.25, -0.2) is 0 Å². The molecule has 0 aliphatic heterocycles. The van der Waals surface area contributed by atoms with Crippen molar-refractivity contribution in [1.29, 1.82) is 0 Å². The summed E-state index contributed by atoms with van der Waals surface area (Å²) in [5, 5.41) is 0. The number of hydrogen-bond donors (Lipinski definition) is 2. The van der Waals surface area contributed by atoms with Gasteiger partial charge in [-0.1, -0.05) is 36.4 Å². The van der Waals surface area contributed by atoms with E-state index >= 15 is 0 Å². The second kappa shape index (κ2) is 7.53. The molecule has 0 saturated heterocycles. The second-order valence-corrected chi connectivity index (χ2v) is 6.75. The van der Waals surface area contributed by atoms with E-state index in [4.69, 9.17) is 20.9 Å². The van der Waals surface area contributed by atoms with E-state index in [1.165, 1.54) is 0 Å². The van der Waals surface area contributed by atoms with Gasteiger partial charge in [-0.2, -0.15) is 0 Å². The third kappa shape index (κ3) is 3.86. The van der Waals surface area contributed by atoms with Crippen LogP contribution in [0.1, 0.15) is 12.0 Å². The van der Waals surface area contributed by atoms with Crippen LogP contribution in [0.4, 0.5) is 11.4 Å². The molecule has 4 heteroatoms. The third-order valence-corrected chi connectivity index (χ3v) is 4.64. The van der Waals surface area contributed by atoms with E-state index in [1.54, 1.807) is 0 Å². The fourth-order valence-electron chi connectivity index (χ4n) is 3.22. The highest BCUT2D eigenvalue weighted by Gasteiger charge is 2.34. The zero-order chi connectivity index (χ0) is 19.4. The number of ether oxygens (including phenoxy) is 2. The van der Waals surface area contributed by atoms with E-state index in [9.17, 15) is 0 Å². The minimum Gasteiger partial charge on any atom is -0.478 e. The molecule has 0 amide bonds. The molecule has 3 aromatic carbocycles. The highest BCUT2D eigenvalue weighted by molar-refractivity contribution is 5.45. The molecular formula is C24H22N2O2. The van der Waals surface area contributed by atoms with Crippen LogP contribution in [0.3, 0.4) is 0 Å². The number of allylic oxidation sites excluding steroid dienone is 1. The first kappa shape index (κ1) is 17.7. The van der Waals surface area contributed by atoms with Crippen LogP contribution < -0.4 is 20.9 Å². The summed E-state index contributed by atoms with van der Waals surface area (Å²) in [4.78, 5) is 0. The van der Waals surface area contributed by atoms with Crippen molar-refractivity contribution in [3.63, 3.8) is 0 Å². The molecule has 0 fully saturated rings. The summed E-state index contributed by atoms with van der Waals surface area (Å²) < 4.78 is 12.6. The van der Waals surface area contributed by atoms with Crippen LogP contribution >= 0.6 is 0 Å². The average Bonchev–Trinajstić information content (AvgIpc) is 2.72. The Morgan fingerprint density at radius 3 is 1.96 bits per heavy atom. The molecule has 0 saturated carbocycles. The minimum absolute atomic E-state index is 0.671. The Bertz CT molecular complexity index is 993. The Morgan fingerprint density at radius 1 is 0.714 bits per heavy atom. The summed E-state index contributed by atoms with van der Waals surface area (Å²) in [6.45, 7) is 0. The van der Waals surface area contributed by atoms with E-state index in [1.807, 2.05) is 78.9 Å². The fourth-order valence-corrected chi connectivity index (χ4v) is 3.22. The van der Waals surface area contributed by atoms with Crippen LogP contribution in [-0.2, 0) is 5.60 Å². The lowest BCUT2D eigenvalue weighted by Crippen LogP contribution is -2.32. The maximum atomic E-state index is 6.49. The molecule has 1 atom stereocenters. The lowest BCUT2D eigenvalue weighted by atomic mass is 9.86.